The van der Waals surface area contributed by atoms with Crippen LogP contribution in [-0.2, 0) is 0 Å². The molecule has 3 N–H and O–H groups in total. The molecule has 1 atom stereocenters. The minimum absolute atomic E-state index is 0.306. The second-order valence-corrected chi connectivity index (χ2v) is 2.91. The standard InChI is InChI=1S/C7H19N3/c1-5-7(10(4)8)9-6(2)3/h6-7,9H,5,8H2,1-4H3. The molecule has 62 valence electrons. The zero-order chi connectivity index (χ0) is 8.15. The molecule has 0 rings (SSSR count). The van der Waals surface area contributed by atoms with E-state index in [0.717, 1.165) is 6.42 Å². The van der Waals surface area contributed by atoms with Crippen molar-refractivity contribution in [2.45, 2.75) is 39.4 Å². The zero-order valence-electron chi connectivity index (χ0n) is 7.39. The molecule has 0 saturated heterocycles. The van der Waals surface area contributed by atoms with Crippen LogP contribution in [0.5, 0.6) is 0 Å². The average molecular weight is 145 g/mol. The fourth-order valence-electron chi connectivity index (χ4n) is 0.908. The number of rotatable bonds is 4. The molecule has 0 aromatic carbocycles. The van der Waals surface area contributed by atoms with E-state index in [1.165, 1.54) is 0 Å². The molecule has 0 aromatic rings. The summed E-state index contributed by atoms with van der Waals surface area (Å²) in [6, 6.07) is 0.496. The topological polar surface area (TPSA) is 41.3 Å². The molecule has 0 aromatic heterocycles. The molecular weight excluding hydrogens is 126 g/mol. The van der Waals surface area contributed by atoms with Gasteiger partial charge in [0.2, 0.25) is 0 Å². The summed E-state index contributed by atoms with van der Waals surface area (Å²) >= 11 is 0. The quantitative estimate of drug-likeness (QED) is 0.344. The maximum absolute atomic E-state index is 5.57. The Morgan fingerprint density at radius 2 is 2.00 bits per heavy atom. The average Bonchev–Trinajstić information content (AvgIpc) is 1.81. The molecule has 0 spiro atoms. The van der Waals surface area contributed by atoms with Crippen LogP contribution in [0.2, 0.25) is 0 Å². The van der Waals surface area contributed by atoms with Gasteiger partial charge in [-0.15, -0.1) is 0 Å². The molecule has 3 heteroatoms. The third-order valence-electron chi connectivity index (χ3n) is 1.40. The Balaban J connectivity index is 3.60. The number of hydrogen-bond acceptors (Lipinski definition) is 3. The zero-order valence-corrected chi connectivity index (χ0v) is 7.39. The molecule has 0 heterocycles. The van der Waals surface area contributed by atoms with Crippen molar-refractivity contribution in [3.8, 4) is 0 Å². The van der Waals surface area contributed by atoms with Gasteiger partial charge < -0.3 is 0 Å². The highest BCUT2D eigenvalue weighted by Crippen LogP contribution is 1.93. The Morgan fingerprint density at radius 1 is 1.50 bits per heavy atom. The Labute approximate surface area is 63.5 Å². The Kier molecular flexibility index (Phi) is 4.60. The highest BCUT2D eigenvalue weighted by Gasteiger charge is 2.08. The van der Waals surface area contributed by atoms with Crippen LogP contribution in [0.25, 0.3) is 0 Å². The summed E-state index contributed by atoms with van der Waals surface area (Å²) in [5.74, 6) is 5.57. The summed E-state index contributed by atoms with van der Waals surface area (Å²) in [5.41, 5.74) is 0. The normalized spacial score (nSPS) is 14.7. The lowest BCUT2D eigenvalue weighted by molar-refractivity contribution is 0.191. The van der Waals surface area contributed by atoms with Crippen LogP contribution in [0.15, 0.2) is 0 Å². The van der Waals surface area contributed by atoms with E-state index in [9.17, 15) is 0 Å². The number of hydrazine groups is 1. The predicted molar refractivity (Wildman–Crippen MR) is 44.3 cm³/mol. The summed E-state index contributed by atoms with van der Waals surface area (Å²) in [7, 11) is 1.88. The molecule has 0 aliphatic heterocycles. The van der Waals surface area contributed by atoms with Gasteiger partial charge in [0.05, 0.1) is 6.17 Å². The van der Waals surface area contributed by atoms with Crippen molar-refractivity contribution in [1.29, 1.82) is 0 Å². The molecule has 3 nitrogen and oxygen atoms in total. The van der Waals surface area contributed by atoms with E-state index in [0.29, 0.717) is 12.2 Å². The molecule has 1 unspecified atom stereocenters. The molecule has 0 amide bonds. The van der Waals surface area contributed by atoms with Gasteiger partial charge in [-0.2, -0.15) is 0 Å². The van der Waals surface area contributed by atoms with Gasteiger partial charge in [0, 0.05) is 13.1 Å². The van der Waals surface area contributed by atoms with Crippen molar-refractivity contribution < 1.29 is 0 Å². The Hall–Kier alpha value is -0.120. The van der Waals surface area contributed by atoms with Crippen molar-refractivity contribution in [2.24, 2.45) is 5.84 Å². The van der Waals surface area contributed by atoms with E-state index < -0.39 is 0 Å². The van der Waals surface area contributed by atoms with Gasteiger partial charge in [-0.05, 0) is 20.3 Å². The smallest absolute Gasteiger partial charge is 0.0726 e. The largest absolute Gasteiger partial charge is 0.298 e. The van der Waals surface area contributed by atoms with Crippen molar-refractivity contribution >= 4 is 0 Å². The summed E-state index contributed by atoms with van der Waals surface area (Å²) in [4.78, 5) is 0. The van der Waals surface area contributed by atoms with Gasteiger partial charge >= 0.3 is 0 Å². The summed E-state index contributed by atoms with van der Waals surface area (Å²) in [6.45, 7) is 6.35. The molecular formula is C7H19N3. The van der Waals surface area contributed by atoms with Gasteiger partial charge in [0.1, 0.15) is 0 Å². The molecule has 0 radical (unpaired) electrons. The van der Waals surface area contributed by atoms with Gasteiger partial charge in [-0.1, -0.05) is 6.92 Å². The highest BCUT2D eigenvalue weighted by atomic mass is 15.4. The first-order valence-corrected chi connectivity index (χ1v) is 3.81. The monoisotopic (exact) mass is 145 g/mol. The van der Waals surface area contributed by atoms with Crippen molar-refractivity contribution in [1.82, 2.24) is 10.3 Å². The minimum atomic E-state index is 0.306. The van der Waals surface area contributed by atoms with Crippen LogP contribution < -0.4 is 11.2 Å². The van der Waals surface area contributed by atoms with E-state index in [4.69, 9.17) is 5.84 Å². The summed E-state index contributed by atoms with van der Waals surface area (Å²) < 4.78 is 0. The summed E-state index contributed by atoms with van der Waals surface area (Å²) in [6.07, 6.45) is 1.34. The first-order chi connectivity index (χ1) is 4.57. The predicted octanol–water partition coefficient (Wildman–Crippen LogP) is 0.526. The second-order valence-electron chi connectivity index (χ2n) is 2.91. The van der Waals surface area contributed by atoms with E-state index in [1.807, 2.05) is 7.05 Å². The molecule has 0 saturated carbocycles. The van der Waals surface area contributed by atoms with E-state index in [-0.39, 0.29) is 0 Å². The fraction of sp³-hybridized carbons (Fsp3) is 1.00. The second kappa shape index (κ2) is 4.66. The Morgan fingerprint density at radius 3 is 2.10 bits per heavy atom. The lowest BCUT2D eigenvalue weighted by Crippen LogP contribution is -2.49. The van der Waals surface area contributed by atoms with Gasteiger partial charge in [-0.25, -0.2) is 5.01 Å². The maximum Gasteiger partial charge on any atom is 0.0726 e. The third-order valence-corrected chi connectivity index (χ3v) is 1.40. The number of hydrogen-bond donors (Lipinski definition) is 2. The first-order valence-electron chi connectivity index (χ1n) is 3.81. The van der Waals surface area contributed by atoms with Crippen LogP contribution in [0.1, 0.15) is 27.2 Å². The van der Waals surface area contributed by atoms with Gasteiger partial charge in [0.25, 0.3) is 0 Å². The summed E-state index contributed by atoms with van der Waals surface area (Å²) in [5, 5.41) is 5.04. The van der Waals surface area contributed by atoms with E-state index >= 15 is 0 Å². The lowest BCUT2D eigenvalue weighted by atomic mass is 10.3. The van der Waals surface area contributed by atoms with Crippen LogP contribution >= 0.6 is 0 Å². The minimum Gasteiger partial charge on any atom is -0.298 e. The third kappa shape index (κ3) is 3.82. The number of nitrogens with one attached hydrogen (secondary N) is 1. The van der Waals surface area contributed by atoms with Crippen LogP contribution in [0.4, 0.5) is 0 Å². The molecule has 0 bridgehead atoms. The van der Waals surface area contributed by atoms with Crippen molar-refractivity contribution in [2.75, 3.05) is 7.05 Å². The van der Waals surface area contributed by atoms with Gasteiger partial charge in [0.15, 0.2) is 0 Å². The van der Waals surface area contributed by atoms with Crippen LogP contribution in [-0.4, -0.2) is 24.3 Å². The van der Waals surface area contributed by atoms with E-state index in [1.54, 1.807) is 5.01 Å². The van der Waals surface area contributed by atoms with Crippen LogP contribution in [0, 0.1) is 0 Å². The molecule has 0 aliphatic rings. The molecule has 10 heavy (non-hydrogen) atoms. The molecule has 0 aliphatic carbocycles. The van der Waals surface area contributed by atoms with Crippen LogP contribution in [0.3, 0.4) is 0 Å². The van der Waals surface area contributed by atoms with Crippen molar-refractivity contribution in [3.63, 3.8) is 0 Å². The van der Waals surface area contributed by atoms with Crippen molar-refractivity contribution in [3.05, 3.63) is 0 Å². The van der Waals surface area contributed by atoms with E-state index in [2.05, 4.69) is 26.1 Å². The number of nitrogens with zero attached hydrogens (tertiary/aromatic N) is 1. The maximum atomic E-state index is 5.57. The van der Waals surface area contributed by atoms with Gasteiger partial charge in [-0.3, -0.25) is 11.2 Å². The lowest BCUT2D eigenvalue weighted by Gasteiger charge is -2.25. The SMILES string of the molecule is CCC(NC(C)C)N(C)N. The fourth-order valence-corrected chi connectivity index (χ4v) is 0.908. The number of nitrogens with two attached hydrogens (primary N) is 1. The molecule has 0 fully saturated rings. The Bertz CT molecular complexity index is 80.9. The highest BCUT2D eigenvalue weighted by molar-refractivity contribution is 4.62. The first kappa shape index (κ1) is 9.88.